The van der Waals surface area contributed by atoms with Crippen LogP contribution in [0.2, 0.25) is 0 Å². The van der Waals surface area contributed by atoms with E-state index in [4.69, 9.17) is 0 Å². The zero-order chi connectivity index (χ0) is 13.9. The molecule has 1 N–H and O–H groups in total. The molecule has 0 saturated heterocycles. The van der Waals surface area contributed by atoms with Gasteiger partial charge in [-0.2, -0.15) is 0 Å². The van der Waals surface area contributed by atoms with Crippen molar-refractivity contribution in [2.45, 2.75) is 38.5 Å². The summed E-state index contributed by atoms with van der Waals surface area (Å²) in [6.07, 6.45) is 8.19. The molecule has 1 aromatic rings. The van der Waals surface area contributed by atoms with Gasteiger partial charge in [0, 0.05) is 0 Å². The van der Waals surface area contributed by atoms with Crippen LogP contribution in [0.3, 0.4) is 0 Å². The fourth-order valence-electron chi connectivity index (χ4n) is 4.62. The topological polar surface area (TPSA) is 12.0 Å². The average Bonchev–Trinajstić information content (AvgIpc) is 3.01. The number of hydrogen-bond donors (Lipinski definition) is 1. The second kappa shape index (κ2) is 6.26. The van der Waals surface area contributed by atoms with Crippen LogP contribution in [0.25, 0.3) is 0 Å². The van der Waals surface area contributed by atoms with Crippen molar-refractivity contribution >= 4 is 0 Å². The minimum absolute atomic E-state index is 0.106. The Bertz CT molecular complexity index is 445. The Morgan fingerprint density at radius 2 is 2.20 bits per heavy atom. The van der Waals surface area contributed by atoms with E-state index in [2.05, 4.69) is 11.4 Å². The van der Waals surface area contributed by atoms with Gasteiger partial charge < -0.3 is 5.32 Å². The molecule has 0 spiro atoms. The minimum Gasteiger partial charge on any atom is -0.319 e. The average molecular weight is 275 g/mol. The SMILES string of the molecule is CNCC(Cc1cccc(F)c1)CC1CC2CCC1C2. The molecule has 0 aromatic heterocycles. The van der Waals surface area contributed by atoms with Crippen molar-refractivity contribution in [3.8, 4) is 0 Å². The van der Waals surface area contributed by atoms with Gasteiger partial charge in [0.1, 0.15) is 5.82 Å². The van der Waals surface area contributed by atoms with Crippen LogP contribution in [0.4, 0.5) is 4.39 Å². The summed E-state index contributed by atoms with van der Waals surface area (Å²) in [4.78, 5) is 0. The molecule has 2 aliphatic carbocycles. The maximum absolute atomic E-state index is 13.3. The van der Waals surface area contributed by atoms with Gasteiger partial charge in [-0.3, -0.25) is 0 Å². The van der Waals surface area contributed by atoms with Gasteiger partial charge in [-0.25, -0.2) is 4.39 Å². The van der Waals surface area contributed by atoms with E-state index in [0.717, 1.165) is 36.3 Å². The summed E-state index contributed by atoms with van der Waals surface area (Å²) in [6.45, 7) is 1.05. The Kier molecular flexibility index (Phi) is 4.40. The summed E-state index contributed by atoms with van der Waals surface area (Å²) in [5.74, 6) is 3.48. The summed E-state index contributed by atoms with van der Waals surface area (Å²) in [7, 11) is 2.03. The summed E-state index contributed by atoms with van der Waals surface area (Å²) < 4.78 is 13.3. The maximum Gasteiger partial charge on any atom is 0.123 e. The molecule has 1 aromatic carbocycles. The number of rotatable bonds is 6. The predicted molar refractivity (Wildman–Crippen MR) is 81.1 cm³/mol. The lowest BCUT2D eigenvalue weighted by Crippen LogP contribution is -2.25. The van der Waals surface area contributed by atoms with Crippen LogP contribution in [0.15, 0.2) is 24.3 Å². The highest BCUT2D eigenvalue weighted by atomic mass is 19.1. The molecule has 0 aliphatic heterocycles. The molecule has 2 heteroatoms. The highest BCUT2D eigenvalue weighted by molar-refractivity contribution is 5.17. The first-order valence-electron chi connectivity index (χ1n) is 8.13. The van der Waals surface area contributed by atoms with E-state index in [0.29, 0.717) is 5.92 Å². The van der Waals surface area contributed by atoms with Crippen LogP contribution in [-0.4, -0.2) is 13.6 Å². The van der Waals surface area contributed by atoms with Gasteiger partial charge in [0.25, 0.3) is 0 Å². The Hall–Kier alpha value is -0.890. The molecule has 2 bridgehead atoms. The maximum atomic E-state index is 13.3. The third-order valence-corrected chi connectivity index (χ3v) is 5.43. The number of fused-ring (bicyclic) bond motifs is 2. The van der Waals surface area contributed by atoms with Crippen molar-refractivity contribution in [3.05, 3.63) is 35.6 Å². The molecule has 0 amide bonds. The summed E-state index contributed by atoms with van der Waals surface area (Å²) in [5.41, 5.74) is 1.15. The van der Waals surface area contributed by atoms with Crippen LogP contribution in [0.1, 0.15) is 37.7 Å². The summed E-state index contributed by atoms with van der Waals surface area (Å²) in [5, 5.41) is 3.33. The quantitative estimate of drug-likeness (QED) is 0.826. The van der Waals surface area contributed by atoms with Gasteiger partial charge in [0.2, 0.25) is 0 Å². The van der Waals surface area contributed by atoms with Gasteiger partial charge >= 0.3 is 0 Å². The second-order valence-electron chi connectivity index (χ2n) is 6.93. The molecule has 0 radical (unpaired) electrons. The van der Waals surface area contributed by atoms with E-state index >= 15 is 0 Å². The lowest BCUT2D eigenvalue weighted by Gasteiger charge is -2.27. The largest absolute Gasteiger partial charge is 0.319 e. The van der Waals surface area contributed by atoms with Crippen LogP contribution in [0.5, 0.6) is 0 Å². The van der Waals surface area contributed by atoms with Crippen LogP contribution >= 0.6 is 0 Å². The second-order valence-corrected chi connectivity index (χ2v) is 6.93. The molecule has 110 valence electrons. The number of halogens is 1. The molecule has 4 atom stereocenters. The van der Waals surface area contributed by atoms with Crippen LogP contribution in [0, 0.1) is 29.5 Å². The predicted octanol–water partition coefficient (Wildman–Crippen LogP) is 4.03. The highest BCUT2D eigenvalue weighted by Crippen LogP contribution is 2.50. The molecule has 2 aliphatic rings. The smallest absolute Gasteiger partial charge is 0.123 e. The van der Waals surface area contributed by atoms with E-state index in [1.165, 1.54) is 38.2 Å². The minimum atomic E-state index is -0.106. The van der Waals surface area contributed by atoms with Gasteiger partial charge in [-0.15, -0.1) is 0 Å². The van der Waals surface area contributed by atoms with Gasteiger partial charge in [-0.1, -0.05) is 18.6 Å². The summed E-state index contributed by atoms with van der Waals surface area (Å²) >= 11 is 0. The standard InChI is InChI=1S/C18H26FN/c1-20-12-15(7-13-3-2-4-18(19)11-13)10-17-9-14-5-6-16(17)8-14/h2-4,11,14-17,20H,5-10,12H2,1H3. The molecule has 0 heterocycles. The highest BCUT2D eigenvalue weighted by Gasteiger charge is 2.39. The van der Waals surface area contributed by atoms with Crippen molar-refractivity contribution in [1.82, 2.24) is 5.32 Å². The number of hydrogen-bond acceptors (Lipinski definition) is 1. The Labute approximate surface area is 122 Å². The first kappa shape index (κ1) is 14.1. The summed E-state index contributed by atoms with van der Waals surface area (Å²) in [6, 6.07) is 7.13. The first-order valence-corrected chi connectivity index (χ1v) is 8.13. The molecule has 1 nitrogen and oxygen atoms in total. The zero-order valence-corrected chi connectivity index (χ0v) is 12.4. The van der Waals surface area contributed by atoms with Crippen molar-refractivity contribution < 1.29 is 4.39 Å². The van der Waals surface area contributed by atoms with Gasteiger partial charge in [-0.05, 0) is 87.1 Å². The van der Waals surface area contributed by atoms with Crippen molar-refractivity contribution in [2.24, 2.45) is 23.7 Å². The molecule has 20 heavy (non-hydrogen) atoms. The van der Waals surface area contributed by atoms with Gasteiger partial charge in [0.05, 0.1) is 0 Å². The van der Waals surface area contributed by atoms with Crippen molar-refractivity contribution in [3.63, 3.8) is 0 Å². The zero-order valence-electron chi connectivity index (χ0n) is 12.4. The number of nitrogens with one attached hydrogen (secondary N) is 1. The van der Waals surface area contributed by atoms with E-state index in [1.807, 2.05) is 13.1 Å². The molecule has 3 rings (SSSR count). The third-order valence-electron chi connectivity index (χ3n) is 5.43. The number of benzene rings is 1. The third kappa shape index (κ3) is 3.22. The molecular formula is C18H26FN. The lowest BCUT2D eigenvalue weighted by molar-refractivity contribution is 0.263. The molecular weight excluding hydrogens is 249 g/mol. The Morgan fingerprint density at radius 3 is 2.85 bits per heavy atom. The van der Waals surface area contributed by atoms with E-state index in [1.54, 1.807) is 6.07 Å². The first-order chi connectivity index (χ1) is 9.74. The fourth-order valence-corrected chi connectivity index (χ4v) is 4.62. The van der Waals surface area contributed by atoms with Gasteiger partial charge in [0.15, 0.2) is 0 Å². The van der Waals surface area contributed by atoms with Crippen LogP contribution < -0.4 is 5.32 Å². The van der Waals surface area contributed by atoms with Crippen molar-refractivity contribution in [2.75, 3.05) is 13.6 Å². The van der Waals surface area contributed by atoms with E-state index in [9.17, 15) is 4.39 Å². The molecule has 2 fully saturated rings. The molecule has 4 unspecified atom stereocenters. The molecule has 2 saturated carbocycles. The van der Waals surface area contributed by atoms with E-state index < -0.39 is 0 Å². The fraction of sp³-hybridized carbons (Fsp3) is 0.667. The Morgan fingerprint density at radius 1 is 1.30 bits per heavy atom. The van der Waals surface area contributed by atoms with Crippen molar-refractivity contribution in [1.29, 1.82) is 0 Å². The normalized spacial score (nSPS) is 29.8. The monoisotopic (exact) mass is 275 g/mol. The Balaban J connectivity index is 1.60. The van der Waals surface area contributed by atoms with E-state index in [-0.39, 0.29) is 5.82 Å². The van der Waals surface area contributed by atoms with Crippen LogP contribution in [-0.2, 0) is 6.42 Å². The lowest BCUT2D eigenvalue weighted by atomic mass is 9.80.